The molecule has 1 N–H and O–H groups in total. The third-order valence-electron chi connectivity index (χ3n) is 4.72. The van der Waals surface area contributed by atoms with Gasteiger partial charge in [0, 0.05) is 13.0 Å². The van der Waals surface area contributed by atoms with Crippen LogP contribution in [0.4, 0.5) is 0 Å². The van der Waals surface area contributed by atoms with Gasteiger partial charge in [0.15, 0.2) is 0 Å². The highest BCUT2D eigenvalue weighted by molar-refractivity contribution is 7.89. The lowest BCUT2D eigenvalue weighted by molar-refractivity contribution is -0.141. The van der Waals surface area contributed by atoms with E-state index >= 15 is 0 Å². The van der Waals surface area contributed by atoms with E-state index < -0.39 is 10.0 Å². The predicted octanol–water partition coefficient (Wildman–Crippen LogP) is 1.94. The molecule has 3 rings (SSSR count). The summed E-state index contributed by atoms with van der Waals surface area (Å²) in [4.78, 5) is 11.2. The van der Waals surface area contributed by atoms with Crippen molar-refractivity contribution in [3.05, 3.63) is 30.3 Å². The molecule has 22 heavy (non-hydrogen) atoms. The Balaban J connectivity index is 1.65. The van der Waals surface area contributed by atoms with Gasteiger partial charge in [0.1, 0.15) is 0 Å². The van der Waals surface area contributed by atoms with Crippen LogP contribution in [0.5, 0.6) is 0 Å². The second-order valence-corrected chi connectivity index (χ2v) is 7.94. The Bertz CT molecular complexity index is 643. The SMILES string of the molecule is CC(=O)OCC[C@H]1C2C[C@@H]2C[C@H]1NS(=O)(=O)c1ccccc1. The van der Waals surface area contributed by atoms with Crippen LogP contribution in [-0.2, 0) is 19.6 Å². The van der Waals surface area contributed by atoms with Crippen LogP contribution < -0.4 is 4.72 Å². The van der Waals surface area contributed by atoms with E-state index in [1.54, 1.807) is 30.3 Å². The van der Waals surface area contributed by atoms with Gasteiger partial charge in [-0.3, -0.25) is 4.79 Å². The van der Waals surface area contributed by atoms with Crippen molar-refractivity contribution in [2.75, 3.05) is 6.61 Å². The van der Waals surface area contributed by atoms with Crippen molar-refractivity contribution in [3.63, 3.8) is 0 Å². The molecule has 0 saturated heterocycles. The van der Waals surface area contributed by atoms with Crippen molar-refractivity contribution in [1.29, 1.82) is 0 Å². The number of nitrogens with one attached hydrogen (secondary N) is 1. The van der Waals surface area contributed by atoms with Crippen molar-refractivity contribution in [2.24, 2.45) is 17.8 Å². The second kappa shape index (κ2) is 6.01. The Morgan fingerprint density at radius 2 is 2.00 bits per heavy atom. The van der Waals surface area contributed by atoms with Crippen molar-refractivity contribution in [3.8, 4) is 0 Å². The maximum absolute atomic E-state index is 12.4. The van der Waals surface area contributed by atoms with Gasteiger partial charge < -0.3 is 4.74 Å². The number of fused-ring (bicyclic) bond motifs is 1. The largest absolute Gasteiger partial charge is 0.466 e. The van der Waals surface area contributed by atoms with E-state index in [9.17, 15) is 13.2 Å². The monoisotopic (exact) mass is 323 g/mol. The van der Waals surface area contributed by atoms with E-state index in [4.69, 9.17) is 4.74 Å². The fourth-order valence-corrected chi connectivity index (χ4v) is 4.94. The maximum Gasteiger partial charge on any atom is 0.302 e. The number of ether oxygens (including phenoxy) is 1. The number of carbonyl (C=O) groups excluding carboxylic acids is 1. The third kappa shape index (κ3) is 3.33. The number of carbonyl (C=O) groups is 1. The smallest absolute Gasteiger partial charge is 0.302 e. The third-order valence-corrected chi connectivity index (χ3v) is 6.22. The van der Waals surface area contributed by atoms with Crippen LogP contribution in [0.1, 0.15) is 26.2 Å². The zero-order valence-corrected chi connectivity index (χ0v) is 13.4. The molecule has 0 aromatic heterocycles. The fourth-order valence-electron chi connectivity index (χ4n) is 3.62. The molecule has 2 aliphatic rings. The van der Waals surface area contributed by atoms with Gasteiger partial charge in [-0.05, 0) is 49.1 Å². The molecule has 0 amide bonds. The van der Waals surface area contributed by atoms with Gasteiger partial charge >= 0.3 is 5.97 Å². The van der Waals surface area contributed by atoms with E-state index in [0.717, 1.165) is 12.8 Å². The molecule has 1 aromatic rings. The van der Waals surface area contributed by atoms with Crippen molar-refractivity contribution in [1.82, 2.24) is 4.72 Å². The average Bonchev–Trinajstić information content (AvgIpc) is 3.15. The van der Waals surface area contributed by atoms with Gasteiger partial charge in [0.25, 0.3) is 0 Å². The summed E-state index contributed by atoms with van der Waals surface area (Å²) in [5, 5.41) is 0. The summed E-state index contributed by atoms with van der Waals surface area (Å²) in [7, 11) is -3.48. The number of sulfonamides is 1. The molecule has 0 aliphatic heterocycles. The molecule has 2 fully saturated rings. The standard InChI is InChI=1S/C16H21NO4S/c1-11(18)21-8-7-14-15-9-12(15)10-16(14)17-22(19,20)13-5-3-2-4-6-13/h2-6,12,14-17H,7-10H2,1H3/t12-,14+,15?,16-/m1/s1. The highest BCUT2D eigenvalue weighted by Crippen LogP contribution is 2.56. The summed E-state index contributed by atoms with van der Waals surface area (Å²) in [5.41, 5.74) is 0. The first-order chi connectivity index (χ1) is 10.5. The van der Waals surface area contributed by atoms with Gasteiger partial charge in [-0.25, -0.2) is 13.1 Å². The first-order valence-electron chi connectivity index (χ1n) is 7.68. The van der Waals surface area contributed by atoms with Crippen LogP contribution in [0.3, 0.4) is 0 Å². The first-order valence-corrected chi connectivity index (χ1v) is 9.16. The molecule has 5 nitrogen and oxygen atoms in total. The minimum atomic E-state index is -3.48. The Kier molecular flexibility index (Phi) is 4.23. The van der Waals surface area contributed by atoms with Gasteiger partial charge in [0.2, 0.25) is 10.0 Å². The molecule has 0 spiro atoms. The van der Waals surface area contributed by atoms with Crippen LogP contribution in [0.2, 0.25) is 0 Å². The van der Waals surface area contributed by atoms with Crippen LogP contribution in [0.25, 0.3) is 0 Å². The lowest BCUT2D eigenvalue weighted by atomic mass is 9.96. The van der Waals surface area contributed by atoms with Crippen molar-refractivity contribution in [2.45, 2.75) is 37.1 Å². The van der Waals surface area contributed by atoms with E-state index in [1.807, 2.05) is 0 Å². The number of esters is 1. The van der Waals surface area contributed by atoms with E-state index in [-0.39, 0.29) is 17.9 Å². The highest BCUT2D eigenvalue weighted by Gasteiger charge is 2.53. The van der Waals surface area contributed by atoms with Crippen molar-refractivity contribution >= 4 is 16.0 Å². The lowest BCUT2D eigenvalue weighted by Gasteiger charge is -2.23. The van der Waals surface area contributed by atoms with Crippen LogP contribution in [0.15, 0.2) is 35.2 Å². The molecule has 4 atom stereocenters. The number of benzene rings is 1. The Hall–Kier alpha value is -1.40. The molecule has 6 heteroatoms. The lowest BCUT2D eigenvalue weighted by Crippen LogP contribution is -2.39. The molecule has 2 saturated carbocycles. The summed E-state index contributed by atoms with van der Waals surface area (Å²) < 4.78 is 32.8. The Morgan fingerprint density at radius 1 is 1.27 bits per heavy atom. The van der Waals surface area contributed by atoms with Gasteiger partial charge in [-0.1, -0.05) is 18.2 Å². The van der Waals surface area contributed by atoms with Gasteiger partial charge in [-0.15, -0.1) is 0 Å². The minimum absolute atomic E-state index is 0.0514. The molecule has 0 bridgehead atoms. The average molecular weight is 323 g/mol. The summed E-state index contributed by atoms with van der Waals surface area (Å²) >= 11 is 0. The normalized spacial score (nSPS) is 29.9. The predicted molar refractivity (Wildman–Crippen MR) is 81.5 cm³/mol. The fraction of sp³-hybridized carbons (Fsp3) is 0.562. The minimum Gasteiger partial charge on any atom is -0.466 e. The molecule has 1 aromatic carbocycles. The van der Waals surface area contributed by atoms with Crippen LogP contribution in [-0.4, -0.2) is 27.0 Å². The molecule has 2 aliphatic carbocycles. The molecule has 120 valence electrons. The zero-order chi connectivity index (χ0) is 15.7. The Morgan fingerprint density at radius 3 is 2.68 bits per heavy atom. The summed E-state index contributed by atoms with van der Waals surface area (Å²) in [6, 6.07) is 8.39. The van der Waals surface area contributed by atoms with Crippen LogP contribution in [0, 0.1) is 17.8 Å². The molecule has 0 heterocycles. The van der Waals surface area contributed by atoms with Gasteiger partial charge in [-0.2, -0.15) is 0 Å². The number of hydrogen-bond acceptors (Lipinski definition) is 4. The first kappa shape index (κ1) is 15.5. The van der Waals surface area contributed by atoms with E-state index in [1.165, 1.54) is 13.3 Å². The summed E-state index contributed by atoms with van der Waals surface area (Å²) in [5.74, 6) is 1.19. The van der Waals surface area contributed by atoms with Crippen LogP contribution >= 0.6 is 0 Å². The highest BCUT2D eigenvalue weighted by atomic mass is 32.2. The molecular weight excluding hydrogens is 302 g/mol. The number of rotatable bonds is 6. The summed E-state index contributed by atoms with van der Waals surface area (Å²) in [6.07, 6.45) is 2.79. The zero-order valence-electron chi connectivity index (χ0n) is 12.6. The molecule has 1 unspecified atom stereocenters. The maximum atomic E-state index is 12.4. The van der Waals surface area contributed by atoms with E-state index in [2.05, 4.69) is 4.72 Å². The van der Waals surface area contributed by atoms with Gasteiger partial charge in [0.05, 0.1) is 11.5 Å². The quantitative estimate of drug-likeness (QED) is 0.812. The van der Waals surface area contributed by atoms with E-state index in [0.29, 0.717) is 23.3 Å². The molecular formula is C16H21NO4S. The summed E-state index contributed by atoms with van der Waals surface area (Å²) in [6.45, 7) is 1.76. The Labute approximate surface area is 131 Å². The molecule has 0 radical (unpaired) electrons. The number of hydrogen-bond donors (Lipinski definition) is 1. The van der Waals surface area contributed by atoms with Crippen molar-refractivity contribution < 1.29 is 17.9 Å². The second-order valence-electron chi connectivity index (χ2n) is 6.23. The topological polar surface area (TPSA) is 72.5 Å².